The van der Waals surface area contributed by atoms with E-state index in [4.69, 9.17) is 9.47 Å². The van der Waals surface area contributed by atoms with Crippen molar-refractivity contribution in [2.24, 2.45) is 0 Å². The van der Waals surface area contributed by atoms with Crippen molar-refractivity contribution < 1.29 is 19.1 Å². The largest absolute Gasteiger partial charge is 0.494 e. The van der Waals surface area contributed by atoms with Gasteiger partial charge in [0.25, 0.3) is 0 Å². The van der Waals surface area contributed by atoms with E-state index in [9.17, 15) is 9.59 Å². The van der Waals surface area contributed by atoms with Gasteiger partial charge in [-0.3, -0.25) is 9.59 Å². The van der Waals surface area contributed by atoms with Crippen molar-refractivity contribution in [3.05, 3.63) is 59.7 Å². The van der Waals surface area contributed by atoms with Crippen LogP contribution >= 0.6 is 0 Å². The predicted molar refractivity (Wildman–Crippen MR) is 91.0 cm³/mol. The molecule has 3 rings (SSSR count). The molecular formula is C20H20O4. The number of benzene rings is 2. The molecule has 0 atom stereocenters. The lowest BCUT2D eigenvalue weighted by Crippen LogP contribution is -2.07. The van der Waals surface area contributed by atoms with E-state index in [0.717, 1.165) is 12.8 Å². The summed E-state index contributed by atoms with van der Waals surface area (Å²) in [6, 6.07) is 14.3. The van der Waals surface area contributed by atoms with Crippen LogP contribution in [-0.4, -0.2) is 24.8 Å². The Morgan fingerprint density at radius 3 is 1.58 bits per heavy atom. The third-order valence-corrected chi connectivity index (χ3v) is 3.97. The minimum atomic E-state index is -0.0479. The molecule has 2 aromatic carbocycles. The Morgan fingerprint density at radius 2 is 1.12 bits per heavy atom. The van der Waals surface area contributed by atoms with Gasteiger partial charge in [-0.2, -0.15) is 0 Å². The van der Waals surface area contributed by atoms with Gasteiger partial charge < -0.3 is 9.47 Å². The van der Waals surface area contributed by atoms with Gasteiger partial charge in [-0.1, -0.05) is 24.3 Å². The quantitative estimate of drug-likeness (QED) is 0.732. The van der Waals surface area contributed by atoms with Gasteiger partial charge in [-0.25, -0.2) is 0 Å². The molecule has 0 N–H and O–H groups in total. The molecule has 0 radical (unpaired) electrons. The molecule has 0 aromatic heterocycles. The number of hydrogen-bond acceptors (Lipinski definition) is 4. The van der Waals surface area contributed by atoms with Crippen LogP contribution in [-0.2, 0) is 0 Å². The highest BCUT2D eigenvalue weighted by atomic mass is 16.5. The maximum absolute atomic E-state index is 12.3. The molecule has 0 spiro atoms. The number of carbonyl (C=O) groups is 2. The fourth-order valence-corrected chi connectivity index (χ4v) is 2.62. The summed E-state index contributed by atoms with van der Waals surface area (Å²) in [5.74, 6) is 1.28. The Labute approximate surface area is 141 Å². The summed E-state index contributed by atoms with van der Waals surface area (Å²) in [5.41, 5.74) is 1.17. The summed E-state index contributed by atoms with van der Waals surface area (Å²) in [6.45, 7) is 1.17. The third-order valence-electron chi connectivity index (χ3n) is 3.97. The van der Waals surface area contributed by atoms with Crippen molar-refractivity contribution >= 4 is 11.6 Å². The summed E-state index contributed by atoms with van der Waals surface area (Å²) < 4.78 is 11.4. The van der Waals surface area contributed by atoms with E-state index >= 15 is 0 Å². The third kappa shape index (κ3) is 4.22. The standard InChI is InChI=1S/C20H20O4/c21-19-9-10-20(22)16-6-4-8-18(14-16)24-12-2-1-11-23-17-7-3-5-15(19)13-17/h3-8,13-14H,1-2,9-12H2. The fraction of sp³-hybridized carbons (Fsp3) is 0.300. The van der Waals surface area contributed by atoms with Crippen LogP contribution in [0.25, 0.3) is 0 Å². The van der Waals surface area contributed by atoms with Crippen molar-refractivity contribution in [3.63, 3.8) is 0 Å². The molecule has 4 bridgehead atoms. The maximum Gasteiger partial charge on any atom is 0.163 e. The zero-order valence-corrected chi connectivity index (χ0v) is 13.5. The summed E-state index contributed by atoms with van der Waals surface area (Å²) >= 11 is 0. The van der Waals surface area contributed by atoms with Gasteiger partial charge in [-0.05, 0) is 37.1 Å². The number of ketones is 2. The molecule has 0 aliphatic carbocycles. The lowest BCUT2D eigenvalue weighted by atomic mass is 10.0. The van der Waals surface area contributed by atoms with Crippen LogP contribution < -0.4 is 9.47 Å². The average molecular weight is 324 g/mol. The molecule has 1 aliphatic heterocycles. The van der Waals surface area contributed by atoms with Crippen LogP contribution in [0.1, 0.15) is 46.4 Å². The number of fused-ring (bicyclic) bond motifs is 4. The second-order valence-electron chi connectivity index (χ2n) is 5.81. The second kappa shape index (κ2) is 7.77. The monoisotopic (exact) mass is 324 g/mol. The molecule has 0 amide bonds. The van der Waals surface area contributed by atoms with E-state index < -0.39 is 0 Å². The molecule has 124 valence electrons. The van der Waals surface area contributed by atoms with E-state index in [1.54, 1.807) is 36.4 Å². The predicted octanol–water partition coefficient (Wildman–Crippen LogP) is 4.08. The molecule has 1 heterocycles. The number of ether oxygens (including phenoxy) is 2. The van der Waals surface area contributed by atoms with Gasteiger partial charge in [-0.15, -0.1) is 0 Å². The first-order chi connectivity index (χ1) is 11.7. The van der Waals surface area contributed by atoms with E-state index in [0.29, 0.717) is 35.8 Å². The van der Waals surface area contributed by atoms with E-state index in [1.807, 2.05) is 12.1 Å². The SMILES string of the molecule is O=C1CCC(=O)c2cccc(c2)OCCCCOc2cccc1c2. The molecule has 0 saturated heterocycles. The number of hydrogen-bond donors (Lipinski definition) is 0. The molecule has 0 saturated carbocycles. The molecule has 24 heavy (non-hydrogen) atoms. The topological polar surface area (TPSA) is 52.6 Å². The zero-order chi connectivity index (χ0) is 16.8. The first kappa shape index (κ1) is 16.2. The summed E-state index contributed by atoms with van der Waals surface area (Å²) in [5, 5.41) is 0. The Morgan fingerprint density at radius 1 is 0.667 bits per heavy atom. The van der Waals surface area contributed by atoms with Crippen molar-refractivity contribution in [1.82, 2.24) is 0 Å². The average Bonchev–Trinajstić information content (AvgIpc) is 2.62. The molecule has 2 aromatic rings. The fourth-order valence-electron chi connectivity index (χ4n) is 2.62. The number of carbonyl (C=O) groups excluding carboxylic acids is 2. The molecule has 1 aliphatic rings. The highest BCUT2D eigenvalue weighted by Gasteiger charge is 2.13. The Kier molecular flexibility index (Phi) is 5.26. The smallest absolute Gasteiger partial charge is 0.163 e. The van der Waals surface area contributed by atoms with Crippen LogP contribution in [0.5, 0.6) is 11.5 Å². The van der Waals surface area contributed by atoms with Crippen LogP contribution in [0.2, 0.25) is 0 Å². The summed E-state index contributed by atoms with van der Waals surface area (Å²) in [7, 11) is 0. The van der Waals surface area contributed by atoms with Crippen LogP contribution in [0.4, 0.5) is 0 Å². The Balaban J connectivity index is 1.79. The molecule has 4 heteroatoms. The minimum Gasteiger partial charge on any atom is -0.494 e. The molecule has 4 nitrogen and oxygen atoms in total. The maximum atomic E-state index is 12.3. The van der Waals surface area contributed by atoms with Gasteiger partial charge in [0.2, 0.25) is 0 Å². The molecule has 0 fully saturated rings. The van der Waals surface area contributed by atoms with Gasteiger partial charge >= 0.3 is 0 Å². The number of rotatable bonds is 0. The molecular weight excluding hydrogens is 304 g/mol. The van der Waals surface area contributed by atoms with Crippen LogP contribution in [0.15, 0.2) is 48.5 Å². The van der Waals surface area contributed by atoms with E-state index in [-0.39, 0.29) is 24.4 Å². The normalized spacial score (nSPS) is 16.2. The first-order valence-electron chi connectivity index (χ1n) is 8.24. The first-order valence-corrected chi connectivity index (χ1v) is 8.24. The zero-order valence-electron chi connectivity index (χ0n) is 13.5. The summed E-state index contributed by atoms with van der Waals surface area (Å²) in [6.07, 6.45) is 2.09. The Bertz CT molecular complexity index is 672. The summed E-state index contributed by atoms with van der Waals surface area (Å²) in [4.78, 5) is 24.6. The van der Waals surface area contributed by atoms with Crippen molar-refractivity contribution in [1.29, 1.82) is 0 Å². The Hall–Kier alpha value is -2.62. The molecule has 0 unspecified atom stereocenters. The van der Waals surface area contributed by atoms with E-state index in [1.165, 1.54) is 0 Å². The number of Topliss-reactive ketones (excluding diaryl/α,β-unsaturated/α-hetero) is 2. The lowest BCUT2D eigenvalue weighted by molar-refractivity contribution is 0.0917. The second-order valence-corrected chi connectivity index (χ2v) is 5.81. The van der Waals surface area contributed by atoms with Crippen LogP contribution in [0.3, 0.4) is 0 Å². The van der Waals surface area contributed by atoms with Crippen molar-refractivity contribution in [2.45, 2.75) is 25.7 Å². The van der Waals surface area contributed by atoms with Gasteiger partial charge in [0.15, 0.2) is 11.6 Å². The minimum absolute atomic E-state index is 0.0479. The highest BCUT2D eigenvalue weighted by molar-refractivity contribution is 6.02. The lowest BCUT2D eigenvalue weighted by Gasteiger charge is -2.10. The van der Waals surface area contributed by atoms with Crippen LogP contribution in [0, 0.1) is 0 Å². The van der Waals surface area contributed by atoms with Crippen molar-refractivity contribution in [3.8, 4) is 11.5 Å². The van der Waals surface area contributed by atoms with Gasteiger partial charge in [0, 0.05) is 24.0 Å². The van der Waals surface area contributed by atoms with E-state index in [2.05, 4.69) is 0 Å². The highest BCUT2D eigenvalue weighted by Crippen LogP contribution is 2.19. The van der Waals surface area contributed by atoms with Crippen molar-refractivity contribution in [2.75, 3.05) is 13.2 Å². The van der Waals surface area contributed by atoms with Gasteiger partial charge in [0.1, 0.15) is 11.5 Å². The van der Waals surface area contributed by atoms with Gasteiger partial charge in [0.05, 0.1) is 13.2 Å².